The first-order valence-corrected chi connectivity index (χ1v) is 11.5. The second kappa shape index (κ2) is 9.35. The molecule has 2 aliphatic rings. The summed E-state index contributed by atoms with van der Waals surface area (Å²) in [5.74, 6) is -1.13. The third-order valence-electron chi connectivity index (χ3n) is 6.19. The Morgan fingerprint density at radius 3 is 2.61 bits per heavy atom. The smallest absolute Gasteiger partial charge is 0.383 e. The second-order valence-corrected chi connectivity index (χ2v) is 9.32. The van der Waals surface area contributed by atoms with Crippen molar-refractivity contribution in [1.82, 2.24) is 25.7 Å². The van der Waals surface area contributed by atoms with Gasteiger partial charge >= 0.3 is 6.18 Å². The molecule has 4 rings (SSSR count). The van der Waals surface area contributed by atoms with Crippen molar-refractivity contribution in [2.75, 3.05) is 19.6 Å². The SMILES string of the molecule is O=C(CNC(=O)c1cccc(C(F)(F)F)c1)NC1CN(C2CCC(O)(c3nncs3)CC2)C1. The predicted octanol–water partition coefficient (Wildman–Crippen LogP) is 1.92. The molecule has 2 fully saturated rings. The van der Waals surface area contributed by atoms with Crippen LogP contribution in [-0.4, -0.2) is 63.7 Å². The van der Waals surface area contributed by atoms with Crippen LogP contribution in [0.3, 0.4) is 0 Å². The molecule has 2 heterocycles. The van der Waals surface area contributed by atoms with Crippen molar-refractivity contribution in [2.24, 2.45) is 0 Å². The summed E-state index contributed by atoms with van der Waals surface area (Å²) in [4.78, 5) is 26.5. The zero-order chi connectivity index (χ0) is 23.6. The van der Waals surface area contributed by atoms with E-state index in [0.717, 1.165) is 31.0 Å². The zero-order valence-corrected chi connectivity index (χ0v) is 18.5. The number of alkyl halides is 3. The molecule has 8 nitrogen and oxygen atoms in total. The maximum absolute atomic E-state index is 12.8. The van der Waals surface area contributed by atoms with Gasteiger partial charge in [-0.2, -0.15) is 13.2 Å². The fraction of sp³-hybridized carbons (Fsp3) is 0.524. The van der Waals surface area contributed by atoms with Crippen molar-refractivity contribution in [3.05, 3.63) is 45.9 Å². The van der Waals surface area contributed by atoms with E-state index in [1.807, 2.05) is 0 Å². The molecule has 33 heavy (non-hydrogen) atoms. The Kier molecular flexibility index (Phi) is 6.68. The number of halogens is 3. The van der Waals surface area contributed by atoms with Crippen LogP contribution >= 0.6 is 11.3 Å². The fourth-order valence-electron chi connectivity index (χ4n) is 4.32. The van der Waals surface area contributed by atoms with E-state index in [1.165, 1.54) is 17.4 Å². The van der Waals surface area contributed by atoms with Crippen LogP contribution in [0, 0.1) is 0 Å². The maximum Gasteiger partial charge on any atom is 0.416 e. The van der Waals surface area contributed by atoms with E-state index >= 15 is 0 Å². The maximum atomic E-state index is 12.8. The van der Waals surface area contributed by atoms with Crippen LogP contribution in [0.15, 0.2) is 29.8 Å². The zero-order valence-electron chi connectivity index (χ0n) is 17.6. The molecule has 2 aromatic rings. The molecule has 1 aliphatic heterocycles. The number of nitrogens with zero attached hydrogens (tertiary/aromatic N) is 3. The first-order chi connectivity index (χ1) is 15.6. The molecular formula is C21H24F3N5O3S. The van der Waals surface area contributed by atoms with Gasteiger partial charge in [0.15, 0.2) is 0 Å². The molecule has 0 unspecified atom stereocenters. The summed E-state index contributed by atoms with van der Waals surface area (Å²) >= 11 is 1.36. The van der Waals surface area contributed by atoms with E-state index in [-0.39, 0.29) is 18.2 Å². The molecule has 1 saturated carbocycles. The summed E-state index contributed by atoms with van der Waals surface area (Å²) in [6.45, 7) is 1.04. The third kappa shape index (κ3) is 5.50. The summed E-state index contributed by atoms with van der Waals surface area (Å²) in [5.41, 5.74) is -0.366. The van der Waals surface area contributed by atoms with Gasteiger partial charge in [-0.05, 0) is 43.9 Å². The van der Waals surface area contributed by atoms with Crippen molar-refractivity contribution in [3.63, 3.8) is 0 Å². The van der Waals surface area contributed by atoms with Gasteiger partial charge in [-0.25, -0.2) is 0 Å². The highest BCUT2D eigenvalue weighted by atomic mass is 32.1. The number of rotatable bonds is 6. The van der Waals surface area contributed by atoms with Crippen LogP contribution < -0.4 is 10.6 Å². The minimum Gasteiger partial charge on any atom is -0.383 e. The highest BCUT2D eigenvalue weighted by Crippen LogP contribution is 2.39. The summed E-state index contributed by atoms with van der Waals surface area (Å²) in [5, 5.41) is 24.4. The Labute approximate surface area is 192 Å². The Bertz CT molecular complexity index is 987. The first kappa shape index (κ1) is 23.6. The number of benzene rings is 1. The summed E-state index contributed by atoms with van der Waals surface area (Å²) in [6.07, 6.45) is -1.67. The van der Waals surface area contributed by atoms with Crippen molar-refractivity contribution < 1.29 is 27.9 Å². The normalized spacial score (nSPS) is 24.2. The number of likely N-dealkylation sites (tertiary alicyclic amines) is 1. The average molecular weight is 484 g/mol. The number of carbonyl (C=O) groups is 2. The Balaban J connectivity index is 1.17. The number of aromatic nitrogens is 2. The number of hydrogen-bond acceptors (Lipinski definition) is 7. The third-order valence-corrected chi connectivity index (χ3v) is 7.08. The second-order valence-electron chi connectivity index (χ2n) is 8.49. The van der Waals surface area contributed by atoms with Crippen molar-refractivity contribution in [3.8, 4) is 0 Å². The predicted molar refractivity (Wildman–Crippen MR) is 113 cm³/mol. The minimum atomic E-state index is -4.54. The lowest BCUT2D eigenvalue weighted by Gasteiger charge is -2.47. The van der Waals surface area contributed by atoms with Gasteiger partial charge in [-0.1, -0.05) is 6.07 Å². The van der Waals surface area contributed by atoms with E-state index in [0.29, 0.717) is 37.0 Å². The van der Waals surface area contributed by atoms with Crippen LogP contribution in [0.4, 0.5) is 13.2 Å². The van der Waals surface area contributed by atoms with Crippen LogP contribution in [0.5, 0.6) is 0 Å². The van der Waals surface area contributed by atoms with Gasteiger partial charge in [0.25, 0.3) is 5.91 Å². The number of aliphatic hydroxyl groups is 1. The molecule has 3 N–H and O–H groups in total. The van der Waals surface area contributed by atoms with Crippen molar-refractivity contribution >= 4 is 23.2 Å². The molecule has 1 aromatic heterocycles. The molecule has 1 saturated heterocycles. The van der Waals surface area contributed by atoms with Gasteiger partial charge in [-0.3, -0.25) is 14.5 Å². The van der Waals surface area contributed by atoms with Crippen LogP contribution in [0.25, 0.3) is 0 Å². The standard InChI is InChI=1S/C21H24F3N5O3S/c22-21(23,24)14-3-1-2-13(8-14)18(31)25-9-17(30)27-15-10-29(11-15)16-4-6-20(32,7-5-16)19-28-26-12-33-19/h1-3,8,12,15-16,32H,4-7,9-11H2,(H,25,31)(H,27,30). The van der Waals surface area contributed by atoms with Crippen molar-refractivity contribution in [1.29, 1.82) is 0 Å². The van der Waals surface area contributed by atoms with Crippen LogP contribution in [0.2, 0.25) is 0 Å². The van der Waals surface area contributed by atoms with Gasteiger partial charge in [0.05, 0.1) is 18.2 Å². The van der Waals surface area contributed by atoms with Gasteiger partial charge in [0.1, 0.15) is 16.1 Å². The lowest BCUT2D eigenvalue weighted by molar-refractivity contribution is -0.137. The number of carbonyl (C=O) groups excluding carboxylic acids is 2. The first-order valence-electron chi connectivity index (χ1n) is 10.6. The molecule has 12 heteroatoms. The Morgan fingerprint density at radius 1 is 1.24 bits per heavy atom. The van der Waals surface area contributed by atoms with Gasteiger partial charge in [0.2, 0.25) is 5.91 Å². The molecular weight excluding hydrogens is 459 g/mol. The van der Waals surface area contributed by atoms with Crippen LogP contribution in [-0.2, 0) is 16.6 Å². The number of hydrogen-bond donors (Lipinski definition) is 3. The molecule has 1 aliphatic carbocycles. The lowest BCUT2D eigenvalue weighted by atomic mass is 9.81. The van der Waals surface area contributed by atoms with Gasteiger partial charge < -0.3 is 15.7 Å². The number of amides is 2. The monoisotopic (exact) mass is 483 g/mol. The highest BCUT2D eigenvalue weighted by Gasteiger charge is 2.41. The fourth-order valence-corrected chi connectivity index (χ4v) is 5.03. The molecule has 2 amide bonds. The van der Waals surface area contributed by atoms with Crippen LogP contribution in [0.1, 0.15) is 46.6 Å². The van der Waals surface area contributed by atoms with E-state index < -0.39 is 29.2 Å². The molecule has 0 atom stereocenters. The summed E-state index contributed by atoms with van der Waals surface area (Å²) in [6, 6.07) is 4.34. The average Bonchev–Trinajstić information content (AvgIpc) is 3.31. The quantitative estimate of drug-likeness (QED) is 0.580. The van der Waals surface area contributed by atoms with Crippen molar-refractivity contribution in [2.45, 2.75) is 49.5 Å². The Morgan fingerprint density at radius 2 is 1.97 bits per heavy atom. The summed E-state index contributed by atoms with van der Waals surface area (Å²) in [7, 11) is 0. The topological polar surface area (TPSA) is 107 Å². The molecule has 0 spiro atoms. The molecule has 178 valence electrons. The van der Waals surface area contributed by atoms with E-state index in [4.69, 9.17) is 0 Å². The van der Waals surface area contributed by atoms with E-state index in [9.17, 15) is 27.9 Å². The van der Waals surface area contributed by atoms with E-state index in [1.54, 1.807) is 5.51 Å². The Hall–Kier alpha value is -2.57. The summed E-state index contributed by atoms with van der Waals surface area (Å²) < 4.78 is 38.4. The molecule has 0 radical (unpaired) electrons. The van der Waals surface area contributed by atoms with E-state index in [2.05, 4.69) is 25.7 Å². The molecule has 1 aromatic carbocycles. The van der Waals surface area contributed by atoms with Gasteiger partial charge in [-0.15, -0.1) is 21.5 Å². The number of nitrogens with one attached hydrogen (secondary N) is 2. The largest absolute Gasteiger partial charge is 0.416 e. The molecule has 0 bridgehead atoms. The highest BCUT2D eigenvalue weighted by molar-refractivity contribution is 7.09. The lowest BCUT2D eigenvalue weighted by Crippen LogP contribution is -2.63. The van der Waals surface area contributed by atoms with Gasteiger partial charge in [0, 0.05) is 24.7 Å². The minimum absolute atomic E-state index is 0.0491.